The van der Waals surface area contributed by atoms with E-state index >= 15 is 0 Å². The first kappa shape index (κ1) is 21.6. The molecule has 1 fully saturated rings. The molecule has 0 spiro atoms. The van der Waals surface area contributed by atoms with E-state index in [0.29, 0.717) is 0 Å². The van der Waals surface area contributed by atoms with Crippen LogP contribution in [0.1, 0.15) is 12.1 Å². The van der Waals surface area contributed by atoms with E-state index in [1.165, 1.54) is 17.1 Å². The Morgan fingerprint density at radius 2 is 2.12 bits per heavy atom. The van der Waals surface area contributed by atoms with Crippen LogP contribution in [0.4, 0.5) is 5.13 Å². The summed E-state index contributed by atoms with van der Waals surface area (Å²) in [6, 6.07) is -1.06. The van der Waals surface area contributed by atoms with Gasteiger partial charge < -0.3 is 31.9 Å². The zero-order valence-electron chi connectivity index (χ0n) is 15.9. The van der Waals surface area contributed by atoms with Gasteiger partial charge in [0.05, 0.1) is 0 Å². The first-order chi connectivity index (χ1) is 15.2. The van der Waals surface area contributed by atoms with Gasteiger partial charge in [0.1, 0.15) is 28.5 Å². The number of carbonyl (C=O) groups excluding carboxylic acids is 3. The number of thioether (sulfide) groups is 1. The SMILES string of the molecule is NC(=O)C1=NO[C@H](C2=C(C(=O)O)N3C(=O)C(NC(=O)/C(=N\O)c4csc(N)n4)C3SC2)C1. The molecule has 32 heavy (non-hydrogen) atoms. The van der Waals surface area contributed by atoms with Gasteiger partial charge in [0.25, 0.3) is 17.7 Å². The molecule has 3 amide bonds. The number of carboxylic acid groups (broad SMARTS) is 1. The molecule has 14 nitrogen and oxygen atoms in total. The summed E-state index contributed by atoms with van der Waals surface area (Å²) in [6.07, 6.45) is -0.858. The van der Waals surface area contributed by atoms with Crippen molar-refractivity contribution < 1.29 is 34.3 Å². The zero-order chi connectivity index (χ0) is 23.2. The van der Waals surface area contributed by atoms with Crippen LogP contribution in [-0.2, 0) is 24.0 Å². The molecule has 1 saturated heterocycles. The smallest absolute Gasteiger partial charge is 0.352 e. The third kappa shape index (κ3) is 3.52. The number of aliphatic carboxylic acids is 1. The fourth-order valence-corrected chi connectivity index (χ4v) is 5.37. The molecule has 16 heteroatoms. The van der Waals surface area contributed by atoms with Crippen molar-refractivity contribution in [2.24, 2.45) is 16.0 Å². The highest BCUT2D eigenvalue weighted by atomic mass is 32.2. The van der Waals surface area contributed by atoms with Crippen LogP contribution in [-0.4, -0.2) is 78.6 Å². The lowest BCUT2D eigenvalue weighted by molar-refractivity contribution is -0.150. The second-order valence-corrected chi connectivity index (χ2v) is 8.75. The summed E-state index contributed by atoms with van der Waals surface area (Å²) in [5.74, 6) is -3.54. The molecule has 0 saturated carbocycles. The molecule has 3 aliphatic rings. The Morgan fingerprint density at radius 3 is 2.69 bits per heavy atom. The van der Waals surface area contributed by atoms with E-state index in [1.807, 2.05) is 0 Å². The second-order valence-electron chi connectivity index (χ2n) is 6.76. The molecule has 0 aliphatic carbocycles. The van der Waals surface area contributed by atoms with Crippen molar-refractivity contribution in [3.8, 4) is 0 Å². The lowest BCUT2D eigenvalue weighted by Gasteiger charge is -2.49. The third-order valence-corrected chi connectivity index (χ3v) is 6.88. The number of amides is 3. The van der Waals surface area contributed by atoms with Gasteiger partial charge in [-0.2, -0.15) is 0 Å². The Hall–Kier alpha value is -3.66. The van der Waals surface area contributed by atoms with Crippen LogP contribution >= 0.6 is 23.1 Å². The van der Waals surface area contributed by atoms with Crippen molar-refractivity contribution in [1.29, 1.82) is 0 Å². The number of oxime groups is 2. The van der Waals surface area contributed by atoms with Gasteiger partial charge in [0.15, 0.2) is 16.9 Å². The van der Waals surface area contributed by atoms with Crippen LogP contribution in [0.5, 0.6) is 0 Å². The van der Waals surface area contributed by atoms with Crippen molar-refractivity contribution in [3.05, 3.63) is 22.3 Å². The number of nitrogen functional groups attached to an aromatic ring is 1. The minimum Gasteiger partial charge on any atom is -0.477 e. The van der Waals surface area contributed by atoms with Crippen LogP contribution in [0.25, 0.3) is 0 Å². The Balaban J connectivity index is 1.52. The number of rotatable bonds is 6. The Bertz CT molecular complexity index is 1130. The van der Waals surface area contributed by atoms with Gasteiger partial charge in [-0.1, -0.05) is 10.3 Å². The van der Waals surface area contributed by atoms with E-state index in [-0.39, 0.29) is 40.0 Å². The number of aromatic nitrogens is 1. The van der Waals surface area contributed by atoms with Gasteiger partial charge in [-0.3, -0.25) is 19.3 Å². The molecule has 0 aromatic carbocycles. The largest absolute Gasteiger partial charge is 0.477 e. The molecular weight excluding hydrogens is 466 g/mol. The summed E-state index contributed by atoms with van der Waals surface area (Å²) in [5.41, 5.74) is 10.2. The maximum absolute atomic E-state index is 12.8. The van der Waals surface area contributed by atoms with E-state index in [1.54, 1.807) is 0 Å². The normalized spacial score (nSPS) is 24.9. The lowest BCUT2D eigenvalue weighted by atomic mass is 9.98. The molecule has 4 heterocycles. The number of primary amides is 1. The number of carboxylic acids is 1. The average molecular weight is 481 g/mol. The number of anilines is 1. The van der Waals surface area contributed by atoms with Crippen LogP contribution < -0.4 is 16.8 Å². The van der Waals surface area contributed by atoms with Gasteiger partial charge >= 0.3 is 5.97 Å². The van der Waals surface area contributed by atoms with Crippen molar-refractivity contribution in [1.82, 2.24) is 15.2 Å². The predicted molar refractivity (Wildman–Crippen MR) is 111 cm³/mol. The molecule has 1 aromatic heterocycles. The maximum atomic E-state index is 12.8. The number of nitrogens with two attached hydrogens (primary N) is 2. The molecule has 7 N–H and O–H groups in total. The van der Waals surface area contributed by atoms with Crippen LogP contribution in [0.15, 0.2) is 27.0 Å². The molecule has 0 bridgehead atoms. The lowest BCUT2D eigenvalue weighted by Crippen LogP contribution is -2.71. The van der Waals surface area contributed by atoms with Crippen molar-refractivity contribution in [3.63, 3.8) is 0 Å². The Kier molecular flexibility index (Phi) is 5.47. The highest BCUT2D eigenvalue weighted by Crippen LogP contribution is 2.42. The predicted octanol–water partition coefficient (Wildman–Crippen LogP) is -1.73. The van der Waals surface area contributed by atoms with E-state index in [2.05, 4.69) is 20.6 Å². The quantitative estimate of drug-likeness (QED) is 0.134. The number of thiazole rings is 1. The van der Waals surface area contributed by atoms with E-state index in [9.17, 15) is 29.5 Å². The summed E-state index contributed by atoms with van der Waals surface area (Å²) < 4.78 is 0. The van der Waals surface area contributed by atoms with Crippen molar-refractivity contribution in [2.45, 2.75) is 23.9 Å². The number of hydrogen-bond acceptors (Lipinski definition) is 12. The van der Waals surface area contributed by atoms with Crippen LogP contribution in [0.2, 0.25) is 0 Å². The summed E-state index contributed by atoms with van der Waals surface area (Å²) in [7, 11) is 0. The molecule has 0 radical (unpaired) electrons. The molecule has 2 unspecified atom stereocenters. The average Bonchev–Trinajstić information content (AvgIpc) is 3.41. The number of fused-ring (bicyclic) bond motifs is 1. The van der Waals surface area contributed by atoms with Gasteiger partial charge in [-0.25, -0.2) is 9.78 Å². The number of carbonyl (C=O) groups is 4. The number of nitrogens with one attached hydrogen (secondary N) is 1. The monoisotopic (exact) mass is 481 g/mol. The summed E-state index contributed by atoms with van der Waals surface area (Å²) in [6.45, 7) is 0. The fraction of sp³-hybridized carbons (Fsp3) is 0.312. The molecule has 4 rings (SSSR count). The summed E-state index contributed by atoms with van der Waals surface area (Å²) >= 11 is 2.23. The summed E-state index contributed by atoms with van der Waals surface area (Å²) in [4.78, 5) is 58.6. The Labute approximate surface area is 186 Å². The third-order valence-electron chi connectivity index (χ3n) is 4.91. The molecule has 168 valence electrons. The first-order valence-corrected chi connectivity index (χ1v) is 10.8. The standard InChI is InChI=1S/C16H15N7O7S2/c17-11(24)5-1-7(30-22-5)4-2-31-14-9(13(26)23(14)10(4)15(27)28)20-12(25)8(21-29)6-3-32-16(18)19-6/h3,7,9,14,29H,1-2H2,(H2,17,24)(H2,18,19)(H,20,25)(H,27,28)/b21-8-/t7-,9?,14?/m0/s1. The second kappa shape index (κ2) is 8.12. The van der Waals surface area contributed by atoms with Crippen molar-refractivity contribution in [2.75, 3.05) is 11.5 Å². The highest BCUT2D eigenvalue weighted by Gasteiger charge is 2.55. The van der Waals surface area contributed by atoms with Crippen LogP contribution in [0, 0.1) is 0 Å². The number of β-lactam (4-membered cyclic amide) rings is 1. The summed E-state index contributed by atoms with van der Waals surface area (Å²) in [5, 5.41) is 28.7. The van der Waals surface area contributed by atoms with E-state index in [0.717, 1.165) is 16.2 Å². The minimum absolute atomic E-state index is 0.0119. The number of hydrogen-bond donors (Lipinski definition) is 5. The molecule has 3 aliphatic heterocycles. The van der Waals surface area contributed by atoms with Gasteiger partial charge in [0.2, 0.25) is 0 Å². The Morgan fingerprint density at radius 1 is 1.38 bits per heavy atom. The van der Waals surface area contributed by atoms with E-state index < -0.39 is 46.9 Å². The van der Waals surface area contributed by atoms with Crippen LogP contribution in [0.3, 0.4) is 0 Å². The van der Waals surface area contributed by atoms with Gasteiger partial charge in [-0.05, 0) is 0 Å². The minimum atomic E-state index is -1.37. The number of nitrogens with zero attached hydrogens (tertiary/aromatic N) is 4. The fourth-order valence-electron chi connectivity index (χ4n) is 3.42. The maximum Gasteiger partial charge on any atom is 0.352 e. The van der Waals surface area contributed by atoms with E-state index in [4.69, 9.17) is 16.3 Å². The topological polar surface area (TPSA) is 223 Å². The van der Waals surface area contributed by atoms with Gasteiger partial charge in [0, 0.05) is 23.1 Å². The highest BCUT2D eigenvalue weighted by molar-refractivity contribution is 8.00. The van der Waals surface area contributed by atoms with Gasteiger partial charge in [-0.15, -0.1) is 23.1 Å². The molecule has 1 aromatic rings. The molecular formula is C16H15N7O7S2. The molecule has 3 atom stereocenters. The van der Waals surface area contributed by atoms with Crippen molar-refractivity contribution >= 4 is 63.3 Å². The zero-order valence-corrected chi connectivity index (χ0v) is 17.6. The first-order valence-electron chi connectivity index (χ1n) is 8.90.